The van der Waals surface area contributed by atoms with E-state index in [0.717, 1.165) is 50.1 Å². The van der Waals surface area contributed by atoms with Crippen LogP contribution in [0.25, 0.3) is 0 Å². The van der Waals surface area contributed by atoms with Crippen LogP contribution >= 0.6 is 0 Å². The Kier molecular flexibility index (Phi) is 10.1. The van der Waals surface area contributed by atoms with Gasteiger partial charge in [0, 0.05) is 35.3 Å². The molecule has 2 aromatic carbocycles. The number of hydrogen-bond donors (Lipinski definition) is 3. The zero-order valence-electron chi connectivity index (χ0n) is 23.1. The maximum atomic E-state index is 13.5. The van der Waals surface area contributed by atoms with Gasteiger partial charge in [0.05, 0.1) is 14.2 Å². The van der Waals surface area contributed by atoms with Crippen molar-refractivity contribution in [2.75, 3.05) is 26.1 Å². The summed E-state index contributed by atoms with van der Waals surface area (Å²) in [6, 6.07) is 9.73. The van der Waals surface area contributed by atoms with Gasteiger partial charge in [-0.05, 0) is 75.9 Å². The Morgan fingerprint density at radius 2 is 1.68 bits per heavy atom. The summed E-state index contributed by atoms with van der Waals surface area (Å²) < 4.78 is 69.4. The largest absolute Gasteiger partial charge is 0.493 e. The minimum absolute atomic E-state index is 0.0251. The molecule has 2 fully saturated rings. The SMILES string of the molecule is COc1ccc(C23CCC(NC(=O)Nc4ccc(F)c(F)c4)CC2N(C(C)C)CC3)cc1OC.O=C(O)C(F)(F)F. The number of methoxy groups -OCH3 is 2. The molecule has 1 heterocycles. The lowest BCUT2D eigenvalue weighted by Crippen LogP contribution is -2.54. The van der Waals surface area contributed by atoms with Gasteiger partial charge in [0.2, 0.25) is 0 Å². The van der Waals surface area contributed by atoms with Crippen molar-refractivity contribution in [2.24, 2.45) is 0 Å². The number of nitrogens with zero attached hydrogens (tertiary/aromatic N) is 1. The molecule has 13 heteroatoms. The van der Waals surface area contributed by atoms with E-state index in [2.05, 4.69) is 41.5 Å². The Balaban J connectivity index is 0.000000587. The molecule has 4 rings (SSSR count). The summed E-state index contributed by atoms with van der Waals surface area (Å²) in [4.78, 5) is 24.0. The van der Waals surface area contributed by atoms with Gasteiger partial charge in [-0.1, -0.05) is 6.07 Å². The van der Waals surface area contributed by atoms with E-state index in [1.807, 2.05) is 6.07 Å². The number of anilines is 1. The third kappa shape index (κ3) is 7.38. The molecule has 3 unspecified atom stereocenters. The minimum Gasteiger partial charge on any atom is -0.493 e. The van der Waals surface area contributed by atoms with E-state index in [0.29, 0.717) is 11.8 Å². The monoisotopic (exact) mass is 587 g/mol. The number of carbonyl (C=O) groups excluding carboxylic acids is 1. The van der Waals surface area contributed by atoms with Gasteiger partial charge in [-0.15, -0.1) is 0 Å². The summed E-state index contributed by atoms with van der Waals surface area (Å²) >= 11 is 0. The number of aliphatic carboxylic acids is 1. The van der Waals surface area contributed by atoms with Gasteiger partial charge in [-0.25, -0.2) is 18.4 Å². The second kappa shape index (κ2) is 12.9. The van der Waals surface area contributed by atoms with Crippen molar-refractivity contribution in [2.45, 2.75) is 69.2 Å². The molecule has 3 atom stereocenters. The number of amides is 2. The van der Waals surface area contributed by atoms with E-state index >= 15 is 0 Å². The minimum atomic E-state index is -5.08. The number of urea groups is 1. The molecule has 2 aromatic rings. The van der Waals surface area contributed by atoms with Crippen molar-refractivity contribution in [3.8, 4) is 11.5 Å². The van der Waals surface area contributed by atoms with E-state index in [9.17, 15) is 26.7 Å². The smallest absolute Gasteiger partial charge is 0.490 e. The molecule has 2 amide bonds. The molecule has 1 saturated carbocycles. The number of likely N-dealkylation sites (tertiary alicyclic amines) is 1. The highest BCUT2D eigenvalue weighted by atomic mass is 19.4. The number of fused-ring (bicyclic) bond motifs is 1. The lowest BCUT2D eigenvalue weighted by Gasteiger charge is -2.46. The first-order valence-corrected chi connectivity index (χ1v) is 13.0. The van der Waals surface area contributed by atoms with E-state index in [-0.39, 0.29) is 23.2 Å². The van der Waals surface area contributed by atoms with Gasteiger partial charge in [-0.3, -0.25) is 4.90 Å². The van der Waals surface area contributed by atoms with Gasteiger partial charge >= 0.3 is 18.2 Å². The average molecular weight is 588 g/mol. The number of hydrogen-bond acceptors (Lipinski definition) is 5. The molecule has 0 bridgehead atoms. The number of benzene rings is 2. The number of rotatable bonds is 6. The van der Waals surface area contributed by atoms with Crippen LogP contribution < -0.4 is 20.1 Å². The summed E-state index contributed by atoms with van der Waals surface area (Å²) in [5, 5.41) is 12.8. The molecule has 41 heavy (non-hydrogen) atoms. The van der Waals surface area contributed by atoms with Gasteiger partial charge in [0.25, 0.3) is 0 Å². The maximum absolute atomic E-state index is 13.5. The predicted molar refractivity (Wildman–Crippen MR) is 141 cm³/mol. The third-order valence-corrected chi connectivity index (χ3v) is 7.68. The molecule has 8 nitrogen and oxygen atoms in total. The highest BCUT2D eigenvalue weighted by Crippen LogP contribution is 2.50. The molecule has 1 saturated heterocycles. The molecular formula is C28H34F5N3O5. The standard InChI is InChI=1S/C26H33F2N3O3.C2HF3O2/c1-16(2)31-12-11-26(17-5-8-22(33-3)23(13-17)34-4)10-9-19(15-24(26)31)30-25(32)29-18-6-7-20(27)21(28)14-18;3-2(4,5)1(6)7/h5-8,13-14,16,19,24H,9-12,15H2,1-4H3,(H2,29,30,32);(H,6,7). The zero-order chi connectivity index (χ0) is 30.5. The molecule has 0 radical (unpaired) electrons. The van der Waals surface area contributed by atoms with Crippen LogP contribution in [0.4, 0.5) is 32.4 Å². The molecule has 1 aliphatic carbocycles. The Labute approximate surface area is 234 Å². The highest BCUT2D eigenvalue weighted by molar-refractivity contribution is 5.89. The summed E-state index contributed by atoms with van der Waals surface area (Å²) in [6.45, 7) is 5.40. The normalized spacial score (nSPS) is 22.3. The van der Waals surface area contributed by atoms with Crippen LogP contribution in [0.15, 0.2) is 36.4 Å². The van der Waals surface area contributed by atoms with Crippen molar-refractivity contribution < 1.29 is 46.1 Å². The van der Waals surface area contributed by atoms with E-state index in [1.54, 1.807) is 14.2 Å². The summed E-state index contributed by atoms with van der Waals surface area (Å²) in [7, 11) is 3.29. The van der Waals surface area contributed by atoms with E-state index < -0.39 is 29.8 Å². The molecule has 0 aromatic heterocycles. The van der Waals surface area contributed by atoms with Crippen molar-refractivity contribution in [3.63, 3.8) is 0 Å². The molecule has 3 N–H and O–H groups in total. The van der Waals surface area contributed by atoms with Crippen LogP contribution in [0.1, 0.15) is 45.1 Å². The number of ether oxygens (including phenoxy) is 2. The van der Waals surface area contributed by atoms with Crippen molar-refractivity contribution in [1.29, 1.82) is 0 Å². The van der Waals surface area contributed by atoms with Crippen LogP contribution in [0.2, 0.25) is 0 Å². The number of carboxylic acid groups (broad SMARTS) is 1. The van der Waals surface area contributed by atoms with Gasteiger partial charge in [-0.2, -0.15) is 13.2 Å². The van der Waals surface area contributed by atoms with Crippen LogP contribution in [-0.4, -0.2) is 67.1 Å². The van der Waals surface area contributed by atoms with Crippen molar-refractivity contribution in [1.82, 2.24) is 10.2 Å². The predicted octanol–water partition coefficient (Wildman–Crippen LogP) is 5.71. The molecule has 2 aliphatic rings. The third-order valence-electron chi connectivity index (χ3n) is 7.68. The Morgan fingerprint density at radius 1 is 1.02 bits per heavy atom. The topological polar surface area (TPSA) is 100 Å². The maximum Gasteiger partial charge on any atom is 0.490 e. The number of halogens is 5. The highest BCUT2D eigenvalue weighted by Gasteiger charge is 2.52. The van der Waals surface area contributed by atoms with Crippen LogP contribution in [0.5, 0.6) is 11.5 Å². The van der Waals surface area contributed by atoms with Gasteiger partial charge < -0.3 is 25.2 Å². The van der Waals surface area contributed by atoms with Gasteiger partial charge in [0.1, 0.15) is 0 Å². The van der Waals surface area contributed by atoms with Crippen LogP contribution in [0.3, 0.4) is 0 Å². The fraction of sp³-hybridized carbons (Fsp3) is 0.500. The van der Waals surface area contributed by atoms with Crippen LogP contribution in [-0.2, 0) is 10.2 Å². The first-order valence-electron chi connectivity index (χ1n) is 13.0. The number of alkyl halides is 3. The quantitative estimate of drug-likeness (QED) is 0.375. The molecule has 226 valence electrons. The average Bonchev–Trinajstić information content (AvgIpc) is 3.30. The Morgan fingerprint density at radius 3 is 2.24 bits per heavy atom. The summed E-state index contributed by atoms with van der Waals surface area (Å²) in [5.74, 6) is -3.26. The molecule has 1 aliphatic heterocycles. The Hall–Kier alpha value is -3.61. The summed E-state index contributed by atoms with van der Waals surface area (Å²) in [6.07, 6.45) is -1.49. The second-order valence-electron chi connectivity index (χ2n) is 10.3. The Bertz CT molecular complexity index is 1240. The first-order chi connectivity index (χ1) is 19.2. The molecule has 0 spiro atoms. The first kappa shape index (κ1) is 31.9. The van der Waals surface area contributed by atoms with Gasteiger partial charge in [0.15, 0.2) is 23.1 Å². The number of nitrogens with one attached hydrogen (secondary N) is 2. The van der Waals surface area contributed by atoms with E-state index in [1.165, 1.54) is 11.6 Å². The van der Waals surface area contributed by atoms with Crippen LogP contribution in [0, 0.1) is 11.6 Å². The fourth-order valence-corrected chi connectivity index (χ4v) is 5.74. The number of carboxylic acids is 1. The second-order valence-corrected chi connectivity index (χ2v) is 10.3. The summed E-state index contributed by atoms with van der Waals surface area (Å²) in [5.41, 5.74) is 1.43. The fourth-order valence-electron chi connectivity index (χ4n) is 5.74. The zero-order valence-corrected chi connectivity index (χ0v) is 23.1. The lowest BCUT2D eigenvalue weighted by molar-refractivity contribution is -0.192. The van der Waals surface area contributed by atoms with Crippen molar-refractivity contribution >= 4 is 17.7 Å². The van der Waals surface area contributed by atoms with E-state index in [4.69, 9.17) is 19.4 Å². The molecular weight excluding hydrogens is 553 g/mol. The van der Waals surface area contributed by atoms with Crippen molar-refractivity contribution in [3.05, 3.63) is 53.6 Å². The number of carbonyl (C=O) groups is 2. The lowest BCUT2D eigenvalue weighted by atomic mass is 9.65.